The first-order valence-electron chi connectivity index (χ1n) is 9.10. The Balaban J connectivity index is 2.87. The Kier molecular flexibility index (Phi) is 6.52. The van der Waals surface area contributed by atoms with Crippen LogP contribution in [-0.2, 0) is 13.6 Å². The van der Waals surface area contributed by atoms with E-state index >= 15 is 0 Å². The Hall–Kier alpha value is -0.236. The monoisotopic (exact) mass is 370 g/mol. The van der Waals surface area contributed by atoms with Crippen LogP contribution < -0.4 is 0 Å². The lowest BCUT2D eigenvalue weighted by Crippen LogP contribution is -2.48. The molecule has 2 atom stereocenters. The molecule has 0 radical (unpaired) electrons. The molecular weight excluding hydrogens is 332 g/mol. The number of rotatable bonds is 5. The molecule has 0 saturated carbocycles. The second-order valence-electron chi connectivity index (χ2n) is 10.2. The molecule has 0 bridgehead atoms. The quantitative estimate of drug-likeness (QED) is 0.596. The second-order valence-corrected chi connectivity index (χ2v) is 19.7. The lowest BCUT2D eigenvalue weighted by Gasteiger charge is -2.43. The smallest absolute Gasteiger partial charge is 0.192 e. The van der Waals surface area contributed by atoms with E-state index in [1.807, 2.05) is 6.08 Å². The molecule has 3 nitrogen and oxygen atoms in total. The van der Waals surface area contributed by atoms with Crippen molar-refractivity contribution in [2.75, 3.05) is 6.61 Å². The van der Waals surface area contributed by atoms with E-state index in [0.29, 0.717) is 13.0 Å². The summed E-state index contributed by atoms with van der Waals surface area (Å²) in [5, 5.41) is 0.332. The van der Waals surface area contributed by atoms with Gasteiger partial charge in [-0.2, -0.15) is 0 Å². The van der Waals surface area contributed by atoms with Crippen molar-refractivity contribution in [2.45, 2.75) is 90.3 Å². The minimum absolute atomic E-state index is 0.0480. The van der Waals surface area contributed by atoms with E-state index in [-0.39, 0.29) is 27.9 Å². The molecule has 0 heterocycles. The van der Waals surface area contributed by atoms with Crippen LogP contribution in [0.3, 0.4) is 0 Å². The first-order valence-corrected chi connectivity index (χ1v) is 14.9. The van der Waals surface area contributed by atoms with Gasteiger partial charge in [0.2, 0.25) is 0 Å². The highest BCUT2D eigenvalue weighted by atomic mass is 28.4. The summed E-state index contributed by atoms with van der Waals surface area (Å²) in [5.41, 5.74) is 0. The van der Waals surface area contributed by atoms with E-state index in [1.54, 1.807) is 6.08 Å². The van der Waals surface area contributed by atoms with Crippen molar-refractivity contribution in [1.29, 1.82) is 0 Å². The van der Waals surface area contributed by atoms with Crippen LogP contribution in [0.1, 0.15) is 48.0 Å². The van der Waals surface area contributed by atoms with Gasteiger partial charge in [0, 0.05) is 18.9 Å². The summed E-state index contributed by atoms with van der Waals surface area (Å²) in [7, 11) is -3.70. The Labute approximate surface area is 151 Å². The molecule has 0 aromatic carbocycles. The standard InChI is InChI=1S/C19H38O3Si2/c1-18(2,3)23(7,8)21-14-15-11-12-16(20)13-17(15)22-24(9,10)19(4,5)6/h11-12,15,17H,13-14H2,1-10H3/t15-,17-/m0/s1. The molecule has 0 unspecified atom stereocenters. The number of hydrogen-bond donors (Lipinski definition) is 0. The number of ketones is 1. The predicted octanol–water partition coefficient (Wildman–Crippen LogP) is 5.54. The molecule has 1 aliphatic carbocycles. The zero-order valence-electron chi connectivity index (χ0n) is 17.4. The fourth-order valence-corrected chi connectivity index (χ4v) is 4.55. The fourth-order valence-electron chi connectivity index (χ4n) is 2.14. The number of allylic oxidation sites excluding steroid dienone is 1. The average Bonchev–Trinajstić information content (AvgIpc) is 2.34. The maximum absolute atomic E-state index is 11.9. The van der Waals surface area contributed by atoms with Gasteiger partial charge in [0.15, 0.2) is 22.4 Å². The van der Waals surface area contributed by atoms with E-state index in [4.69, 9.17) is 8.85 Å². The summed E-state index contributed by atoms with van der Waals surface area (Å²) in [6, 6.07) is 0. The molecule has 0 amide bonds. The van der Waals surface area contributed by atoms with Crippen LogP contribution in [0.25, 0.3) is 0 Å². The largest absolute Gasteiger partial charge is 0.416 e. The lowest BCUT2D eigenvalue weighted by molar-refractivity contribution is -0.117. The van der Waals surface area contributed by atoms with E-state index < -0.39 is 16.6 Å². The van der Waals surface area contributed by atoms with E-state index in [9.17, 15) is 4.79 Å². The number of carbonyl (C=O) groups excluding carboxylic acids is 1. The van der Waals surface area contributed by atoms with Crippen LogP contribution >= 0.6 is 0 Å². The molecule has 5 heteroatoms. The topological polar surface area (TPSA) is 35.5 Å². The molecule has 24 heavy (non-hydrogen) atoms. The van der Waals surface area contributed by atoms with E-state index in [2.05, 4.69) is 67.7 Å². The molecule has 0 N–H and O–H groups in total. The van der Waals surface area contributed by atoms with Crippen LogP contribution in [-0.4, -0.2) is 35.1 Å². The maximum Gasteiger partial charge on any atom is 0.192 e. The summed E-state index contributed by atoms with van der Waals surface area (Å²) in [4.78, 5) is 11.9. The van der Waals surface area contributed by atoms with Gasteiger partial charge in [0.1, 0.15) is 0 Å². The highest BCUT2D eigenvalue weighted by Gasteiger charge is 2.43. The van der Waals surface area contributed by atoms with Crippen molar-refractivity contribution in [3.8, 4) is 0 Å². The van der Waals surface area contributed by atoms with Crippen molar-refractivity contribution in [3.63, 3.8) is 0 Å². The van der Waals surface area contributed by atoms with Gasteiger partial charge < -0.3 is 8.85 Å². The van der Waals surface area contributed by atoms with Crippen LogP contribution in [0, 0.1) is 5.92 Å². The third-order valence-electron chi connectivity index (χ3n) is 6.10. The summed E-state index contributed by atoms with van der Waals surface area (Å²) in [5.74, 6) is 0.341. The number of hydrogen-bond acceptors (Lipinski definition) is 3. The summed E-state index contributed by atoms with van der Waals surface area (Å²) >= 11 is 0. The Morgan fingerprint density at radius 1 is 1.00 bits per heavy atom. The minimum atomic E-state index is -1.91. The Morgan fingerprint density at radius 3 is 1.96 bits per heavy atom. The average molecular weight is 371 g/mol. The van der Waals surface area contributed by atoms with Crippen molar-refractivity contribution >= 4 is 22.4 Å². The zero-order chi connectivity index (χ0) is 19.0. The van der Waals surface area contributed by atoms with Gasteiger partial charge in [0.05, 0.1) is 6.10 Å². The SMILES string of the molecule is CC(C)(C)[Si](C)(C)OC[C@@H]1C=CC(=O)C[C@@H]1O[Si](C)(C)C(C)(C)C. The summed E-state index contributed by atoms with van der Waals surface area (Å²) in [6.45, 7) is 23.2. The first-order chi connectivity index (χ1) is 10.6. The highest BCUT2D eigenvalue weighted by Crippen LogP contribution is 2.40. The summed E-state index contributed by atoms with van der Waals surface area (Å²) in [6.07, 6.45) is 4.16. The fraction of sp³-hybridized carbons (Fsp3) is 0.842. The molecule has 1 aliphatic rings. The lowest BCUT2D eigenvalue weighted by atomic mass is 9.93. The summed E-state index contributed by atoms with van der Waals surface area (Å²) < 4.78 is 13.0. The van der Waals surface area contributed by atoms with Crippen molar-refractivity contribution in [1.82, 2.24) is 0 Å². The van der Waals surface area contributed by atoms with Gasteiger partial charge in [-0.25, -0.2) is 0 Å². The van der Waals surface area contributed by atoms with Crippen molar-refractivity contribution in [3.05, 3.63) is 12.2 Å². The van der Waals surface area contributed by atoms with Crippen LogP contribution in [0.2, 0.25) is 36.3 Å². The first kappa shape index (κ1) is 21.8. The normalized spacial score (nSPS) is 23.7. The molecule has 140 valence electrons. The molecule has 0 saturated heterocycles. The molecule has 0 aromatic heterocycles. The van der Waals surface area contributed by atoms with Crippen LogP contribution in [0.15, 0.2) is 12.2 Å². The van der Waals surface area contributed by atoms with E-state index in [0.717, 1.165) is 0 Å². The molecule has 0 aromatic rings. The Morgan fingerprint density at radius 2 is 1.50 bits per heavy atom. The third-order valence-corrected chi connectivity index (χ3v) is 15.1. The maximum atomic E-state index is 11.9. The van der Waals surface area contributed by atoms with Gasteiger partial charge in [-0.05, 0) is 42.3 Å². The second kappa shape index (κ2) is 7.18. The van der Waals surface area contributed by atoms with Gasteiger partial charge >= 0.3 is 0 Å². The van der Waals surface area contributed by atoms with Crippen LogP contribution in [0.4, 0.5) is 0 Å². The zero-order valence-corrected chi connectivity index (χ0v) is 19.4. The van der Waals surface area contributed by atoms with E-state index in [1.165, 1.54) is 0 Å². The molecule has 0 aliphatic heterocycles. The minimum Gasteiger partial charge on any atom is -0.416 e. The molecule has 0 spiro atoms. The number of carbonyl (C=O) groups is 1. The predicted molar refractivity (Wildman–Crippen MR) is 107 cm³/mol. The van der Waals surface area contributed by atoms with Gasteiger partial charge in [0.25, 0.3) is 0 Å². The highest BCUT2D eigenvalue weighted by molar-refractivity contribution is 6.74. The van der Waals surface area contributed by atoms with Crippen molar-refractivity contribution < 1.29 is 13.6 Å². The third kappa shape index (κ3) is 5.38. The molecular formula is C19H38O3Si2. The van der Waals surface area contributed by atoms with Crippen molar-refractivity contribution in [2.24, 2.45) is 5.92 Å². The Bertz CT molecular complexity index is 482. The molecule has 1 rings (SSSR count). The van der Waals surface area contributed by atoms with Gasteiger partial charge in [-0.3, -0.25) is 4.79 Å². The van der Waals surface area contributed by atoms with Gasteiger partial charge in [-0.15, -0.1) is 0 Å². The van der Waals surface area contributed by atoms with Gasteiger partial charge in [-0.1, -0.05) is 47.6 Å². The van der Waals surface area contributed by atoms with Crippen LogP contribution in [0.5, 0.6) is 0 Å². The molecule has 0 fully saturated rings.